The Morgan fingerprint density at radius 3 is 2.61 bits per heavy atom. The summed E-state index contributed by atoms with van der Waals surface area (Å²) in [6.45, 7) is 2.92. The van der Waals surface area contributed by atoms with Crippen LogP contribution in [0, 0.1) is 22.7 Å². The third-order valence-corrected chi connectivity index (χ3v) is 4.95. The highest BCUT2D eigenvalue weighted by Gasteiger charge is 2.17. The van der Waals surface area contributed by atoms with Gasteiger partial charge in [0.1, 0.15) is 34.9 Å². The van der Waals surface area contributed by atoms with E-state index < -0.39 is 0 Å². The second-order valence-corrected chi connectivity index (χ2v) is 6.89. The summed E-state index contributed by atoms with van der Waals surface area (Å²) >= 11 is 0. The molecule has 0 bridgehead atoms. The van der Waals surface area contributed by atoms with Crippen molar-refractivity contribution in [1.29, 1.82) is 10.5 Å². The Morgan fingerprint density at radius 2 is 1.81 bits per heavy atom. The Bertz CT molecular complexity index is 1310. The SMILES string of the molecule is CCOc1cccc(CCOc2cc(OCC#N)cn3c2c(C#N)c2ccccc23)c1. The van der Waals surface area contributed by atoms with E-state index in [2.05, 4.69) is 6.07 Å². The van der Waals surface area contributed by atoms with Crippen LogP contribution in [0.1, 0.15) is 18.1 Å². The molecule has 2 aromatic carbocycles. The number of nitrogens with zero attached hydrogens (tertiary/aromatic N) is 3. The Morgan fingerprint density at radius 1 is 0.935 bits per heavy atom. The van der Waals surface area contributed by atoms with Gasteiger partial charge in [-0.25, -0.2) is 0 Å². The van der Waals surface area contributed by atoms with Crippen LogP contribution in [0.5, 0.6) is 17.2 Å². The van der Waals surface area contributed by atoms with Crippen molar-refractivity contribution in [3.8, 4) is 29.4 Å². The van der Waals surface area contributed by atoms with E-state index in [-0.39, 0.29) is 6.61 Å². The third kappa shape index (κ3) is 4.10. The molecule has 0 spiro atoms. The van der Waals surface area contributed by atoms with Gasteiger partial charge in [0.05, 0.1) is 30.5 Å². The summed E-state index contributed by atoms with van der Waals surface area (Å²) in [5, 5.41) is 19.6. The van der Waals surface area contributed by atoms with Crippen molar-refractivity contribution in [2.75, 3.05) is 19.8 Å². The van der Waals surface area contributed by atoms with Gasteiger partial charge in [0.2, 0.25) is 0 Å². The van der Waals surface area contributed by atoms with Crippen molar-refractivity contribution in [3.05, 3.63) is 71.9 Å². The van der Waals surface area contributed by atoms with E-state index in [0.717, 1.165) is 22.2 Å². The summed E-state index contributed by atoms with van der Waals surface area (Å²) in [4.78, 5) is 0. The fourth-order valence-electron chi connectivity index (χ4n) is 3.66. The molecule has 154 valence electrons. The number of para-hydroxylation sites is 1. The Kier molecular flexibility index (Phi) is 5.91. The lowest BCUT2D eigenvalue weighted by Gasteiger charge is -2.12. The van der Waals surface area contributed by atoms with Crippen LogP contribution in [0.2, 0.25) is 0 Å². The predicted molar refractivity (Wildman–Crippen MR) is 118 cm³/mol. The summed E-state index contributed by atoms with van der Waals surface area (Å²) < 4.78 is 19.1. The molecule has 0 unspecified atom stereocenters. The zero-order valence-electron chi connectivity index (χ0n) is 17.2. The van der Waals surface area contributed by atoms with Crippen LogP contribution in [0.15, 0.2) is 60.8 Å². The maximum Gasteiger partial charge on any atom is 0.174 e. The molecule has 0 fully saturated rings. The van der Waals surface area contributed by atoms with E-state index in [1.807, 2.05) is 65.9 Å². The van der Waals surface area contributed by atoms with Crippen molar-refractivity contribution >= 4 is 16.4 Å². The van der Waals surface area contributed by atoms with E-state index in [1.165, 1.54) is 0 Å². The minimum Gasteiger partial charge on any atom is -0.494 e. The molecule has 0 saturated carbocycles. The molecule has 31 heavy (non-hydrogen) atoms. The lowest BCUT2D eigenvalue weighted by atomic mass is 10.1. The number of rotatable bonds is 8. The summed E-state index contributed by atoms with van der Waals surface area (Å²) in [5.41, 5.74) is 3.22. The lowest BCUT2D eigenvalue weighted by molar-refractivity contribution is 0.317. The fraction of sp³-hybridized carbons (Fsp3) is 0.200. The minimum atomic E-state index is -0.0700. The maximum atomic E-state index is 9.84. The van der Waals surface area contributed by atoms with E-state index in [1.54, 1.807) is 12.3 Å². The normalized spacial score (nSPS) is 10.5. The molecule has 0 aliphatic rings. The largest absolute Gasteiger partial charge is 0.494 e. The smallest absolute Gasteiger partial charge is 0.174 e. The van der Waals surface area contributed by atoms with E-state index in [9.17, 15) is 5.26 Å². The Labute approximate surface area is 180 Å². The van der Waals surface area contributed by atoms with Crippen LogP contribution < -0.4 is 14.2 Å². The molecule has 4 rings (SSSR count). The van der Waals surface area contributed by atoms with Gasteiger partial charge in [-0.1, -0.05) is 30.3 Å². The molecule has 0 aliphatic carbocycles. The fourth-order valence-corrected chi connectivity index (χ4v) is 3.66. The Hall–Kier alpha value is -4.16. The maximum absolute atomic E-state index is 9.84. The predicted octanol–water partition coefficient (Wildman–Crippen LogP) is 4.89. The van der Waals surface area contributed by atoms with Gasteiger partial charge in [0, 0.05) is 17.9 Å². The summed E-state index contributed by atoms with van der Waals surface area (Å²) in [6, 6.07) is 21.6. The number of hydrogen-bond donors (Lipinski definition) is 0. The highest BCUT2D eigenvalue weighted by Crippen LogP contribution is 2.35. The first kappa shape index (κ1) is 20.1. The second kappa shape index (κ2) is 9.11. The molecule has 0 N–H and O–H groups in total. The standard InChI is InChI=1S/C25H21N3O3/c1-2-29-19-7-5-6-18(14-19)10-12-31-24-15-20(30-13-11-26)17-28-23-9-4-3-8-21(23)22(16-27)25(24)28/h3-9,14-15,17H,2,10,12-13H2,1H3. The van der Waals surface area contributed by atoms with Gasteiger partial charge in [-0.15, -0.1) is 0 Å². The first-order chi connectivity index (χ1) is 15.2. The van der Waals surface area contributed by atoms with Crippen molar-refractivity contribution < 1.29 is 14.2 Å². The van der Waals surface area contributed by atoms with Gasteiger partial charge in [-0.3, -0.25) is 0 Å². The molecule has 4 aromatic rings. The van der Waals surface area contributed by atoms with Crippen LogP contribution in [0.3, 0.4) is 0 Å². The van der Waals surface area contributed by atoms with E-state index in [4.69, 9.17) is 19.5 Å². The molecule has 6 heteroatoms. The van der Waals surface area contributed by atoms with Crippen molar-refractivity contribution in [2.24, 2.45) is 0 Å². The molecule has 0 saturated heterocycles. The number of nitriles is 2. The van der Waals surface area contributed by atoms with Gasteiger partial charge >= 0.3 is 0 Å². The average Bonchev–Trinajstić information content (AvgIpc) is 3.12. The first-order valence-corrected chi connectivity index (χ1v) is 10.1. The number of ether oxygens (including phenoxy) is 3. The van der Waals surface area contributed by atoms with Crippen LogP contribution in [-0.2, 0) is 6.42 Å². The van der Waals surface area contributed by atoms with Gasteiger partial charge in [-0.2, -0.15) is 10.5 Å². The van der Waals surface area contributed by atoms with Crippen LogP contribution in [-0.4, -0.2) is 24.2 Å². The van der Waals surface area contributed by atoms with Crippen LogP contribution >= 0.6 is 0 Å². The monoisotopic (exact) mass is 411 g/mol. The minimum absolute atomic E-state index is 0.0700. The Balaban J connectivity index is 1.69. The summed E-state index contributed by atoms with van der Waals surface area (Å²) in [5.74, 6) is 1.88. The first-order valence-electron chi connectivity index (χ1n) is 10.1. The molecule has 0 atom stereocenters. The number of benzene rings is 2. The third-order valence-electron chi connectivity index (χ3n) is 4.95. The topological polar surface area (TPSA) is 79.7 Å². The second-order valence-electron chi connectivity index (χ2n) is 6.89. The molecule has 0 aliphatic heterocycles. The molecular weight excluding hydrogens is 390 g/mol. The highest BCUT2D eigenvalue weighted by molar-refractivity contribution is 5.97. The van der Waals surface area contributed by atoms with E-state index >= 15 is 0 Å². The summed E-state index contributed by atoms with van der Waals surface area (Å²) in [7, 11) is 0. The number of pyridine rings is 1. The van der Waals surface area contributed by atoms with Gasteiger partial charge in [0.15, 0.2) is 6.61 Å². The van der Waals surface area contributed by atoms with Gasteiger partial charge < -0.3 is 18.6 Å². The molecule has 0 radical (unpaired) electrons. The van der Waals surface area contributed by atoms with Crippen LogP contribution in [0.25, 0.3) is 16.4 Å². The van der Waals surface area contributed by atoms with Crippen molar-refractivity contribution in [2.45, 2.75) is 13.3 Å². The van der Waals surface area contributed by atoms with Gasteiger partial charge in [-0.05, 0) is 30.7 Å². The van der Waals surface area contributed by atoms with Crippen LogP contribution in [0.4, 0.5) is 0 Å². The molecule has 2 aromatic heterocycles. The number of hydrogen-bond acceptors (Lipinski definition) is 5. The van der Waals surface area contributed by atoms with Crippen molar-refractivity contribution in [3.63, 3.8) is 0 Å². The summed E-state index contributed by atoms with van der Waals surface area (Å²) in [6.07, 6.45) is 2.47. The highest BCUT2D eigenvalue weighted by atomic mass is 16.5. The molecular formula is C25H21N3O3. The average molecular weight is 411 g/mol. The van der Waals surface area contributed by atoms with E-state index in [0.29, 0.717) is 42.2 Å². The lowest BCUT2D eigenvalue weighted by Crippen LogP contribution is -2.04. The quantitative estimate of drug-likeness (QED) is 0.413. The zero-order valence-corrected chi connectivity index (χ0v) is 17.2. The molecule has 2 heterocycles. The van der Waals surface area contributed by atoms with Gasteiger partial charge in [0.25, 0.3) is 0 Å². The van der Waals surface area contributed by atoms with Crippen molar-refractivity contribution in [1.82, 2.24) is 4.40 Å². The molecule has 6 nitrogen and oxygen atoms in total. The number of fused-ring (bicyclic) bond motifs is 3. The number of aromatic nitrogens is 1. The zero-order chi connectivity index (χ0) is 21.6. The molecule has 0 amide bonds.